The van der Waals surface area contributed by atoms with Gasteiger partial charge in [0.1, 0.15) is 17.5 Å². The molecule has 5 heteroatoms. The summed E-state index contributed by atoms with van der Waals surface area (Å²) in [6.45, 7) is 1.99. The van der Waals surface area contributed by atoms with Crippen molar-refractivity contribution >= 4 is 5.91 Å². The van der Waals surface area contributed by atoms with Gasteiger partial charge in [-0.25, -0.2) is 4.39 Å². The summed E-state index contributed by atoms with van der Waals surface area (Å²) in [4.78, 5) is 13.4. The molecule has 19 heavy (non-hydrogen) atoms. The van der Waals surface area contributed by atoms with E-state index < -0.39 is 5.92 Å². The minimum absolute atomic E-state index is 0.206. The van der Waals surface area contributed by atoms with Crippen LogP contribution in [0.15, 0.2) is 18.2 Å². The predicted octanol–water partition coefficient (Wildman–Crippen LogP) is 2.34. The van der Waals surface area contributed by atoms with Crippen molar-refractivity contribution in [2.75, 3.05) is 14.2 Å². The Labute approximate surface area is 112 Å². The monoisotopic (exact) mass is 264 g/mol. The topological polar surface area (TPSA) is 53.3 Å². The second-order valence-corrected chi connectivity index (χ2v) is 4.24. The third kappa shape index (κ3) is 3.68. The first-order chi connectivity index (χ1) is 9.03. The Hall–Kier alpha value is -2.09. The van der Waals surface area contributed by atoms with Crippen LogP contribution in [0.3, 0.4) is 0 Å². The maximum atomic E-state index is 13.2. The van der Waals surface area contributed by atoms with Crippen LogP contribution in [0, 0.1) is 23.1 Å². The second kappa shape index (κ2) is 6.74. The number of ether oxygens (including phenoxy) is 1. The maximum Gasteiger partial charge on any atom is 0.239 e. The van der Waals surface area contributed by atoms with Gasteiger partial charge < -0.3 is 9.64 Å². The van der Waals surface area contributed by atoms with Gasteiger partial charge in [0, 0.05) is 19.2 Å². The van der Waals surface area contributed by atoms with Crippen molar-refractivity contribution < 1.29 is 13.9 Å². The zero-order chi connectivity index (χ0) is 14.4. The van der Waals surface area contributed by atoms with Crippen molar-refractivity contribution in [3.05, 3.63) is 29.6 Å². The molecule has 0 aliphatic rings. The van der Waals surface area contributed by atoms with Gasteiger partial charge in [-0.2, -0.15) is 5.26 Å². The van der Waals surface area contributed by atoms with E-state index in [1.807, 2.05) is 6.07 Å². The number of carbonyl (C=O) groups is 1. The first-order valence-electron chi connectivity index (χ1n) is 6.00. The van der Waals surface area contributed by atoms with Crippen LogP contribution in [0.4, 0.5) is 4.39 Å². The Morgan fingerprint density at radius 3 is 2.79 bits per heavy atom. The molecule has 1 unspecified atom stereocenters. The molecule has 1 aromatic rings. The fourth-order valence-electron chi connectivity index (χ4n) is 1.79. The molecule has 0 bridgehead atoms. The number of rotatable bonds is 5. The first kappa shape index (κ1) is 15.0. The van der Waals surface area contributed by atoms with E-state index in [9.17, 15) is 9.18 Å². The molecule has 1 aromatic carbocycles. The van der Waals surface area contributed by atoms with Gasteiger partial charge in [-0.3, -0.25) is 4.79 Å². The van der Waals surface area contributed by atoms with Crippen LogP contribution in [0.2, 0.25) is 0 Å². The van der Waals surface area contributed by atoms with Crippen molar-refractivity contribution in [1.82, 2.24) is 4.90 Å². The third-order valence-electron chi connectivity index (χ3n) is 2.89. The van der Waals surface area contributed by atoms with Crippen molar-refractivity contribution in [3.63, 3.8) is 0 Å². The van der Waals surface area contributed by atoms with Crippen LogP contribution in [-0.4, -0.2) is 25.0 Å². The summed E-state index contributed by atoms with van der Waals surface area (Å²) in [5.41, 5.74) is 0.575. The van der Waals surface area contributed by atoms with Crippen LogP contribution in [0.1, 0.15) is 18.9 Å². The standard InChI is InChI=1S/C14H17FN2O2/c1-4-10(8-16)14(18)17(2)9-11-7-12(15)5-6-13(11)19-3/h5-7,10H,4,9H2,1-3H3. The quantitative estimate of drug-likeness (QED) is 0.820. The zero-order valence-corrected chi connectivity index (χ0v) is 11.3. The lowest BCUT2D eigenvalue weighted by Gasteiger charge is -2.20. The van der Waals surface area contributed by atoms with E-state index in [2.05, 4.69) is 0 Å². The number of nitriles is 1. The number of nitrogens with zero attached hydrogens (tertiary/aromatic N) is 2. The van der Waals surface area contributed by atoms with Crippen molar-refractivity contribution in [2.45, 2.75) is 19.9 Å². The van der Waals surface area contributed by atoms with Gasteiger partial charge in [-0.15, -0.1) is 0 Å². The average Bonchev–Trinajstić information content (AvgIpc) is 2.40. The van der Waals surface area contributed by atoms with Gasteiger partial charge in [0.15, 0.2) is 0 Å². The van der Waals surface area contributed by atoms with Crippen LogP contribution in [-0.2, 0) is 11.3 Å². The number of benzene rings is 1. The third-order valence-corrected chi connectivity index (χ3v) is 2.89. The molecule has 0 fully saturated rings. The Kier molecular flexibility index (Phi) is 5.31. The Morgan fingerprint density at radius 2 is 2.26 bits per heavy atom. The van der Waals surface area contributed by atoms with Crippen LogP contribution < -0.4 is 4.74 Å². The summed E-state index contributed by atoms with van der Waals surface area (Å²) in [6, 6.07) is 6.11. The Balaban J connectivity index is 2.88. The summed E-state index contributed by atoms with van der Waals surface area (Å²) in [6.07, 6.45) is 0.458. The van der Waals surface area contributed by atoms with E-state index in [0.29, 0.717) is 17.7 Å². The van der Waals surface area contributed by atoms with E-state index in [1.165, 1.54) is 30.2 Å². The molecule has 1 atom stereocenters. The summed E-state index contributed by atoms with van der Waals surface area (Å²) >= 11 is 0. The molecular weight excluding hydrogens is 247 g/mol. The number of hydrogen-bond acceptors (Lipinski definition) is 3. The smallest absolute Gasteiger partial charge is 0.239 e. The van der Waals surface area contributed by atoms with E-state index >= 15 is 0 Å². The molecule has 0 aliphatic carbocycles. The van der Waals surface area contributed by atoms with Crippen molar-refractivity contribution in [1.29, 1.82) is 5.26 Å². The zero-order valence-electron chi connectivity index (χ0n) is 11.3. The molecule has 0 radical (unpaired) electrons. The summed E-state index contributed by atoms with van der Waals surface area (Å²) in [5.74, 6) is -0.795. The molecule has 1 rings (SSSR count). The Bertz CT molecular complexity index is 497. The van der Waals surface area contributed by atoms with Gasteiger partial charge in [-0.1, -0.05) is 6.92 Å². The van der Waals surface area contributed by atoms with Crippen LogP contribution in [0.25, 0.3) is 0 Å². The number of amides is 1. The highest BCUT2D eigenvalue weighted by Gasteiger charge is 2.20. The number of carbonyl (C=O) groups excluding carboxylic acids is 1. The first-order valence-corrected chi connectivity index (χ1v) is 6.00. The summed E-state index contributed by atoms with van der Waals surface area (Å²) < 4.78 is 18.3. The predicted molar refractivity (Wildman–Crippen MR) is 68.8 cm³/mol. The highest BCUT2D eigenvalue weighted by Crippen LogP contribution is 2.21. The number of methoxy groups -OCH3 is 1. The van der Waals surface area contributed by atoms with E-state index in [1.54, 1.807) is 14.0 Å². The molecule has 0 saturated carbocycles. The average molecular weight is 264 g/mol. The molecular formula is C14H17FN2O2. The van der Waals surface area contributed by atoms with Crippen LogP contribution in [0.5, 0.6) is 5.75 Å². The van der Waals surface area contributed by atoms with Gasteiger partial charge in [-0.05, 0) is 24.6 Å². The molecule has 102 valence electrons. The molecule has 0 N–H and O–H groups in total. The van der Waals surface area contributed by atoms with E-state index in [-0.39, 0.29) is 18.3 Å². The van der Waals surface area contributed by atoms with Crippen LogP contribution >= 0.6 is 0 Å². The van der Waals surface area contributed by atoms with Gasteiger partial charge >= 0.3 is 0 Å². The molecule has 0 spiro atoms. The minimum Gasteiger partial charge on any atom is -0.496 e. The van der Waals surface area contributed by atoms with Crippen molar-refractivity contribution in [3.8, 4) is 11.8 Å². The minimum atomic E-state index is -0.662. The highest BCUT2D eigenvalue weighted by molar-refractivity contribution is 5.80. The number of hydrogen-bond donors (Lipinski definition) is 0. The molecule has 0 saturated heterocycles. The Morgan fingerprint density at radius 1 is 1.58 bits per heavy atom. The normalized spacial score (nSPS) is 11.5. The maximum absolute atomic E-state index is 13.2. The molecule has 1 amide bonds. The lowest BCUT2D eigenvalue weighted by Crippen LogP contribution is -2.31. The summed E-state index contributed by atoms with van der Waals surface area (Å²) in [5, 5.41) is 8.87. The largest absolute Gasteiger partial charge is 0.496 e. The lowest BCUT2D eigenvalue weighted by atomic mass is 10.1. The molecule has 4 nitrogen and oxygen atoms in total. The molecule has 0 aromatic heterocycles. The second-order valence-electron chi connectivity index (χ2n) is 4.24. The van der Waals surface area contributed by atoms with Gasteiger partial charge in [0.2, 0.25) is 5.91 Å². The number of halogens is 1. The SMILES string of the molecule is CCC(C#N)C(=O)N(C)Cc1cc(F)ccc1OC. The fraction of sp³-hybridized carbons (Fsp3) is 0.429. The van der Waals surface area contributed by atoms with E-state index in [4.69, 9.17) is 10.00 Å². The fourth-order valence-corrected chi connectivity index (χ4v) is 1.79. The van der Waals surface area contributed by atoms with Gasteiger partial charge in [0.05, 0.1) is 13.2 Å². The van der Waals surface area contributed by atoms with E-state index in [0.717, 1.165) is 0 Å². The van der Waals surface area contributed by atoms with Gasteiger partial charge in [0.25, 0.3) is 0 Å². The highest BCUT2D eigenvalue weighted by atomic mass is 19.1. The lowest BCUT2D eigenvalue weighted by molar-refractivity contribution is -0.133. The summed E-state index contributed by atoms with van der Waals surface area (Å²) in [7, 11) is 3.08. The molecule has 0 aliphatic heterocycles. The molecule has 0 heterocycles. The van der Waals surface area contributed by atoms with Crippen molar-refractivity contribution in [2.24, 2.45) is 5.92 Å².